The predicted molar refractivity (Wildman–Crippen MR) is 161 cm³/mol. The Morgan fingerprint density at radius 1 is 1.11 bits per heavy atom. The molecule has 1 aromatic heterocycles. The molecule has 0 amide bonds. The fourth-order valence-electron chi connectivity index (χ4n) is 3.87. The second kappa shape index (κ2) is 18.0. The number of halogens is 1. The van der Waals surface area contributed by atoms with Crippen molar-refractivity contribution in [3.8, 4) is 11.3 Å². The van der Waals surface area contributed by atoms with E-state index < -0.39 is 63.5 Å². The van der Waals surface area contributed by atoms with Gasteiger partial charge in [-0.15, -0.1) is 20.2 Å². The quantitative estimate of drug-likeness (QED) is 0.0664. The number of hydrogen-bond donors (Lipinski definition) is 2. The predicted octanol–water partition coefficient (Wildman–Crippen LogP) is 2.01. The van der Waals surface area contributed by atoms with Crippen LogP contribution in [0.3, 0.4) is 0 Å². The van der Waals surface area contributed by atoms with E-state index >= 15 is 0 Å². The minimum atomic E-state index is -3.73. The summed E-state index contributed by atoms with van der Waals surface area (Å²) in [5.74, 6) is -1.88. The van der Waals surface area contributed by atoms with Crippen LogP contribution >= 0.6 is 0 Å². The minimum absolute atomic E-state index is 0.0192. The number of carbonyl (C=O) groups is 1. The SMILES string of the molecule is CC(C)c1nc(N(C)S(C)(=O)=O)nc(-c2ccc(F)cc2)c1/C=C/[C@@H](O)C[C@@H](O)CC(=O)OCC(OCCCO[N+](=O)[O-])O[N+](=O)[O-]. The van der Waals surface area contributed by atoms with Crippen molar-refractivity contribution in [2.24, 2.45) is 0 Å². The average molecular weight is 690 g/mol. The van der Waals surface area contributed by atoms with Gasteiger partial charge in [0, 0.05) is 24.6 Å². The normalized spacial score (nSPS) is 13.6. The first-order valence-corrected chi connectivity index (χ1v) is 15.8. The number of carbonyl (C=O) groups excluding carboxylic acids is 1. The van der Waals surface area contributed by atoms with Gasteiger partial charge < -0.3 is 24.5 Å². The van der Waals surface area contributed by atoms with E-state index in [0.29, 0.717) is 16.8 Å². The number of anilines is 1. The molecule has 0 aliphatic carbocycles. The molecule has 47 heavy (non-hydrogen) atoms. The zero-order valence-electron chi connectivity index (χ0n) is 25.9. The molecule has 18 nitrogen and oxygen atoms in total. The Labute approximate surface area is 269 Å². The molecule has 260 valence electrons. The van der Waals surface area contributed by atoms with Gasteiger partial charge in [0.1, 0.15) is 12.4 Å². The van der Waals surface area contributed by atoms with E-state index in [1.807, 2.05) is 0 Å². The van der Waals surface area contributed by atoms with Gasteiger partial charge in [-0.25, -0.2) is 27.1 Å². The van der Waals surface area contributed by atoms with E-state index in [1.165, 1.54) is 43.5 Å². The zero-order valence-corrected chi connectivity index (χ0v) is 26.7. The molecule has 1 heterocycles. The van der Waals surface area contributed by atoms with Gasteiger partial charge in [-0.2, -0.15) is 0 Å². The highest BCUT2D eigenvalue weighted by molar-refractivity contribution is 7.92. The summed E-state index contributed by atoms with van der Waals surface area (Å²) in [6.45, 7) is 2.28. The molecule has 1 aromatic carbocycles. The molecule has 0 aliphatic heterocycles. The lowest BCUT2D eigenvalue weighted by Gasteiger charge is -2.20. The molecule has 20 heteroatoms. The summed E-state index contributed by atoms with van der Waals surface area (Å²) in [4.78, 5) is 50.2. The van der Waals surface area contributed by atoms with Crippen LogP contribution in [0.1, 0.15) is 50.3 Å². The van der Waals surface area contributed by atoms with Crippen molar-refractivity contribution >= 4 is 28.0 Å². The third kappa shape index (κ3) is 13.4. The second-order valence-corrected chi connectivity index (χ2v) is 12.3. The van der Waals surface area contributed by atoms with E-state index in [1.54, 1.807) is 13.8 Å². The highest BCUT2D eigenvalue weighted by Crippen LogP contribution is 2.31. The average Bonchev–Trinajstić information content (AvgIpc) is 2.97. The van der Waals surface area contributed by atoms with Crippen LogP contribution in [0.25, 0.3) is 17.3 Å². The number of hydrogen-bond acceptors (Lipinski definition) is 15. The molecule has 2 rings (SSSR count). The van der Waals surface area contributed by atoms with Gasteiger partial charge in [-0.05, 0) is 36.6 Å². The van der Waals surface area contributed by atoms with Gasteiger partial charge >= 0.3 is 5.97 Å². The lowest BCUT2D eigenvalue weighted by Crippen LogP contribution is -2.29. The van der Waals surface area contributed by atoms with Gasteiger partial charge in [0.05, 0.1) is 49.5 Å². The van der Waals surface area contributed by atoms with Crippen molar-refractivity contribution in [1.82, 2.24) is 9.97 Å². The van der Waals surface area contributed by atoms with Crippen LogP contribution in [0.15, 0.2) is 30.3 Å². The minimum Gasteiger partial charge on any atom is -0.461 e. The summed E-state index contributed by atoms with van der Waals surface area (Å²) in [6.07, 6.45) is -1.58. The first-order chi connectivity index (χ1) is 22.0. The van der Waals surface area contributed by atoms with Crippen molar-refractivity contribution in [2.45, 2.75) is 57.5 Å². The van der Waals surface area contributed by atoms with Gasteiger partial charge in [0.2, 0.25) is 22.3 Å². The number of aliphatic hydroxyl groups excluding tert-OH is 2. The Morgan fingerprint density at radius 2 is 1.77 bits per heavy atom. The molecular formula is C27H36FN5O13S. The van der Waals surface area contributed by atoms with E-state index in [2.05, 4.69) is 19.6 Å². The summed E-state index contributed by atoms with van der Waals surface area (Å²) >= 11 is 0. The van der Waals surface area contributed by atoms with Crippen LogP contribution in [0.4, 0.5) is 10.3 Å². The summed E-state index contributed by atoms with van der Waals surface area (Å²) in [6, 6.07) is 5.31. The standard InChI is InChI=1S/C27H36FN5O13S/c1-17(2)25-22(26(18-6-8-19(28)9-7-18)30-27(29-25)31(3)47(4,41)42)11-10-20(34)14-21(35)15-23(36)44-16-24(46-33(39)40)43-12-5-13-45-32(37)38/h6-11,17,20-21,24,34-35H,5,12-16H2,1-4H3/b11-10+/t20-,21-,24?/m1/s1. The molecule has 2 N–H and O–H groups in total. The molecule has 2 aromatic rings. The first-order valence-electron chi connectivity index (χ1n) is 14.0. The summed E-state index contributed by atoms with van der Waals surface area (Å²) in [5.41, 5.74) is 1.49. The number of aliphatic hydroxyl groups is 2. The smallest absolute Gasteiger partial charge is 0.308 e. The van der Waals surface area contributed by atoms with Crippen LogP contribution in [-0.4, -0.2) is 96.4 Å². The van der Waals surface area contributed by atoms with Gasteiger partial charge in [-0.3, -0.25) is 9.63 Å². The number of benzene rings is 1. The maximum Gasteiger partial charge on any atom is 0.308 e. The number of esters is 1. The van der Waals surface area contributed by atoms with Crippen LogP contribution < -0.4 is 4.31 Å². The van der Waals surface area contributed by atoms with Crippen LogP contribution in [0.2, 0.25) is 0 Å². The lowest BCUT2D eigenvalue weighted by atomic mass is 9.97. The molecule has 0 bridgehead atoms. The zero-order chi connectivity index (χ0) is 35.3. The van der Waals surface area contributed by atoms with E-state index in [4.69, 9.17) is 9.47 Å². The first kappa shape index (κ1) is 38.7. The van der Waals surface area contributed by atoms with Gasteiger partial charge in [0.15, 0.2) is 0 Å². The van der Waals surface area contributed by atoms with E-state index in [9.17, 15) is 48.0 Å². The highest BCUT2D eigenvalue weighted by atomic mass is 32.2. The van der Waals surface area contributed by atoms with Gasteiger partial charge in [0.25, 0.3) is 10.2 Å². The van der Waals surface area contributed by atoms with Crippen molar-refractivity contribution in [3.63, 3.8) is 0 Å². The van der Waals surface area contributed by atoms with Crippen LogP contribution in [0.5, 0.6) is 0 Å². The Kier molecular flexibility index (Phi) is 14.8. The Bertz CT molecular complexity index is 1510. The second-order valence-electron chi connectivity index (χ2n) is 10.3. The van der Waals surface area contributed by atoms with Crippen LogP contribution in [-0.2, 0) is 34.0 Å². The molecular weight excluding hydrogens is 653 g/mol. The van der Waals surface area contributed by atoms with Gasteiger partial charge in [-0.1, -0.05) is 26.0 Å². The lowest BCUT2D eigenvalue weighted by molar-refractivity contribution is -0.781. The third-order valence-electron chi connectivity index (χ3n) is 6.18. The monoisotopic (exact) mass is 689 g/mol. The molecule has 1 unspecified atom stereocenters. The number of ether oxygens (including phenoxy) is 2. The Hall–Kier alpha value is -4.53. The largest absolute Gasteiger partial charge is 0.461 e. The molecule has 3 atom stereocenters. The third-order valence-corrected chi connectivity index (χ3v) is 7.34. The van der Waals surface area contributed by atoms with Crippen LogP contribution in [0, 0.1) is 26.0 Å². The topological polar surface area (TPSA) is 244 Å². The molecule has 0 fully saturated rings. The van der Waals surface area contributed by atoms with Crippen molar-refractivity contribution in [2.75, 3.05) is 37.4 Å². The Morgan fingerprint density at radius 3 is 2.34 bits per heavy atom. The molecule has 0 spiro atoms. The Balaban J connectivity index is 2.14. The maximum absolute atomic E-state index is 13.7. The summed E-state index contributed by atoms with van der Waals surface area (Å²) in [7, 11) is -2.45. The maximum atomic E-state index is 13.7. The highest BCUT2D eigenvalue weighted by Gasteiger charge is 2.23. The number of rotatable bonds is 20. The number of aromatic nitrogens is 2. The van der Waals surface area contributed by atoms with Crippen molar-refractivity contribution in [3.05, 3.63) is 67.6 Å². The van der Waals surface area contributed by atoms with E-state index in [0.717, 1.165) is 10.6 Å². The van der Waals surface area contributed by atoms with E-state index in [-0.39, 0.29) is 43.6 Å². The fourth-order valence-corrected chi connectivity index (χ4v) is 4.25. The number of nitrogens with zero attached hydrogens (tertiary/aromatic N) is 5. The molecule has 0 saturated heterocycles. The fraction of sp³-hybridized carbons (Fsp3) is 0.519. The van der Waals surface area contributed by atoms with Crippen molar-refractivity contribution < 1.29 is 57.1 Å². The summed E-state index contributed by atoms with van der Waals surface area (Å²) in [5, 5.41) is 39.6. The molecule has 0 saturated carbocycles. The molecule has 0 aliphatic rings. The number of sulfonamides is 1. The molecule has 0 radical (unpaired) electrons. The summed E-state index contributed by atoms with van der Waals surface area (Å²) < 4.78 is 48.9. The van der Waals surface area contributed by atoms with Crippen molar-refractivity contribution in [1.29, 1.82) is 0 Å².